The third-order valence-electron chi connectivity index (χ3n) is 6.71. The topological polar surface area (TPSA) is 66.8 Å². The summed E-state index contributed by atoms with van der Waals surface area (Å²) in [5, 5.41) is 19.8. The van der Waals surface area contributed by atoms with Gasteiger partial charge in [-0.25, -0.2) is 4.79 Å². The number of aliphatic hydroxyl groups is 1. The molecular formula is C26H36O4. The van der Waals surface area contributed by atoms with Crippen LogP contribution in [0.4, 0.5) is 0 Å². The van der Waals surface area contributed by atoms with Gasteiger partial charge >= 0.3 is 5.97 Å². The van der Waals surface area contributed by atoms with Crippen molar-refractivity contribution in [1.82, 2.24) is 0 Å². The van der Waals surface area contributed by atoms with Gasteiger partial charge < -0.3 is 14.9 Å². The standard InChI is InChI=1S/C26H36O4/c1-8-26(9-2,20-10-12-22(24(27)28)18(5)14-20)21-11-13-23(19(6)15-21)30-16-25(7,29)17(3)4/h10-15,17,29H,8-9,16H2,1-7H3,(H,27,28). The summed E-state index contributed by atoms with van der Waals surface area (Å²) >= 11 is 0. The molecular weight excluding hydrogens is 376 g/mol. The number of hydrogen-bond donors (Lipinski definition) is 2. The minimum atomic E-state index is -0.896. The number of carbonyl (C=O) groups is 1. The Bertz CT molecular complexity index is 892. The van der Waals surface area contributed by atoms with Gasteiger partial charge in [-0.15, -0.1) is 0 Å². The van der Waals surface area contributed by atoms with Crippen molar-refractivity contribution in [3.8, 4) is 5.75 Å². The number of carboxylic acids is 1. The van der Waals surface area contributed by atoms with Crippen LogP contribution in [0.1, 0.15) is 80.1 Å². The molecule has 30 heavy (non-hydrogen) atoms. The molecule has 0 amide bonds. The summed E-state index contributed by atoms with van der Waals surface area (Å²) in [5.41, 5.74) is 3.38. The Balaban J connectivity index is 2.42. The monoisotopic (exact) mass is 412 g/mol. The molecule has 0 heterocycles. The van der Waals surface area contributed by atoms with Crippen LogP contribution in [0, 0.1) is 19.8 Å². The Kier molecular flexibility index (Phi) is 7.36. The first-order valence-corrected chi connectivity index (χ1v) is 10.8. The number of aryl methyl sites for hydroxylation is 2. The smallest absolute Gasteiger partial charge is 0.335 e. The van der Waals surface area contributed by atoms with Gasteiger partial charge in [0.2, 0.25) is 0 Å². The third-order valence-corrected chi connectivity index (χ3v) is 6.71. The highest BCUT2D eigenvalue weighted by Crippen LogP contribution is 2.41. The molecule has 1 atom stereocenters. The number of aromatic carboxylic acids is 1. The average Bonchev–Trinajstić information content (AvgIpc) is 2.68. The van der Waals surface area contributed by atoms with E-state index in [1.807, 2.05) is 45.9 Å². The maximum Gasteiger partial charge on any atom is 0.335 e. The number of carboxylic acid groups (broad SMARTS) is 1. The summed E-state index contributed by atoms with van der Waals surface area (Å²) < 4.78 is 5.95. The van der Waals surface area contributed by atoms with Crippen molar-refractivity contribution in [2.75, 3.05) is 6.61 Å². The molecule has 0 radical (unpaired) electrons. The van der Waals surface area contributed by atoms with Crippen LogP contribution in [-0.2, 0) is 5.41 Å². The van der Waals surface area contributed by atoms with Gasteiger partial charge in [-0.05, 0) is 73.9 Å². The van der Waals surface area contributed by atoms with Gasteiger partial charge in [0.05, 0.1) is 11.2 Å². The van der Waals surface area contributed by atoms with Crippen LogP contribution >= 0.6 is 0 Å². The molecule has 0 saturated carbocycles. The lowest BCUT2D eigenvalue weighted by atomic mass is 9.70. The van der Waals surface area contributed by atoms with Gasteiger partial charge in [0, 0.05) is 5.41 Å². The lowest BCUT2D eigenvalue weighted by molar-refractivity contribution is -0.0268. The van der Waals surface area contributed by atoms with E-state index >= 15 is 0 Å². The fourth-order valence-corrected chi connectivity index (χ4v) is 3.93. The second kappa shape index (κ2) is 9.22. The van der Waals surface area contributed by atoms with Crippen LogP contribution in [0.3, 0.4) is 0 Å². The van der Waals surface area contributed by atoms with Crippen molar-refractivity contribution < 1.29 is 19.7 Å². The Morgan fingerprint density at radius 2 is 1.53 bits per heavy atom. The Labute approximate surface area is 180 Å². The van der Waals surface area contributed by atoms with Crippen molar-refractivity contribution >= 4 is 5.97 Å². The van der Waals surface area contributed by atoms with Crippen LogP contribution < -0.4 is 4.74 Å². The van der Waals surface area contributed by atoms with E-state index in [0.29, 0.717) is 5.56 Å². The van der Waals surface area contributed by atoms with E-state index in [0.717, 1.165) is 35.3 Å². The molecule has 2 rings (SSSR count). The normalized spacial score (nSPS) is 13.9. The zero-order valence-corrected chi connectivity index (χ0v) is 19.4. The molecule has 4 heteroatoms. The molecule has 2 aromatic carbocycles. The number of benzene rings is 2. The van der Waals surface area contributed by atoms with E-state index < -0.39 is 11.6 Å². The quantitative estimate of drug-likeness (QED) is 0.539. The number of hydrogen-bond acceptors (Lipinski definition) is 3. The molecule has 0 fully saturated rings. The lowest BCUT2D eigenvalue weighted by Crippen LogP contribution is -2.38. The van der Waals surface area contributed by atoms with Crippen molar-refractivity contribution in [3.63, 3.8) is 0 Å². The summed E-state index contributed by atoms with van der Waals surface area (Å²) in [7, 11) is 0. The molecule has 0 aliphatic carbocycles. The molecule has 4 nitrogen and oxygen atoms in total. The molecule has 1 unspecified atom stereocenters. The summed E-state index contributed by atoms with van der Waals surface area (Å²) in [6, 6.07) is 11.9. The van der Waals surface area contributed by atoms with Crippen LogP contribution in [-0.4, -0.2) is 28.4 Å². The number of ether oxygens (including phenoxy) is 1. The molecule has 2 N–H and O–H groups in total. The second-order valence-corrected chi connectivity index (χ2v) is 8.90. The minimum Gasteiger partial charge on any atom is -0.490 e. The molecule has 0 spiro atoms. The summed E-state index contributed by atoms with van der Waals surface area (Å²) in [4.78, 5) is 11.4. The van der Waals surface area contributed by atoms with Crippen molar-refractivity contribution in [2.24, 2.45) is 5.92 Å². The Morgan fingerprint density at radius 1 is 1.00 bits per heavy atom. The van der Waals surface area contributed by atoms with E-state index in [2.05, 4.69) is 26.0 Å². The zero-order valence-electron chi connectivity index (χ0n) is 19.4. The molecule has 0 aliphatic rings. The highest BCUT2D eigenvalue weighted by atomic mass is 16.5. The average molecular weight is 413 g/mol. The molecule has 0 saturated heterocycles. The molecule has 0 aromatic heterocycles. The van der Waals surface area contributed by atoms with E-state index in [-0.39, 0.29) is 17.9 Å². The zero-order chi connectivity index (χ0) is 22.7. The Morgan fingerprint density at radius 3 is 1.97 bits per heavy atom. The maximum atomic E-state index is 11.4. The molecule has 0 aliphatic heterocycles. The summed E-state index contributed by atoms with van der Waals surface area (Å²) in [6.07, 6.45) is 1.80. The van der Waals surface area contributed by atoms with Crippen molar-refractivity contribution in [3.05, 3.63) is 64.2 Å². The SMILES string of the molecule is CCC(CC)(c1ccc(OCC(C)(O)C(C)C)c(C)c1)c1ccc(C(=O)O)c(C)c1. The van der Waals surface area contributed by atoms with Crippen LogP contribution in [0.5, 0.6) is 5.75 Å². The first-order valence-electron chi connectivity index (χ1n) is 10.8. The summed E-state index contributed by atoms with van der Waals surface area (Å²) in [6.45, 7) is 14.2. The maximum absolute atomic E-state index is 11.4. The lowest BCUT2D eigenvalue weighted by Gasteiger charge is -2.34. The van der Waals surface area contributed by atoms with Crippen molar-refractivity contribution in [1.29, 1.82) is 0 Å². The van der Waals surface area contributed by atoms with Crippen molar-refractivity contribution in [2.45, 2.75) is 72.3 Å². The fourth-order valence-electron chi connectivity index (χ4n) is 3.93. The predicted molar refractivity (Wildman–Crippen MR) is 122 cm³/mol. The van der Waals surface area contributed by atoms with Gasteiger partial charge in [-0.3, -0.25) is 0 Å². The molecule has 2 aromatic rings. The molecule has 0 bridgehead atoms. The van der Waals surface area contributed by atoms with Gasteiger partial charge in [-0.2, -0.15) is 0 Å². The second-order valence-electron chi connectivity index (χ2n) is 8.90. The predicted octanol–water partition coefficient (Wildman–Crippen LogP) is 5.89. The summed E-state index contributed by atoms with van der Waals surface area (Å²) in [5.74, 6) is -0.0209. The Hall–Kier alpha value is -2.33. The molecule has 164 valence electrons. The van der Waals surface area contributed by atoms with Gasteiger partial charge in [0.25, 0.3) is 0 Å². The first kappa shape index (κ1) is 23.9. The van der Waals surface area contributed by atoms with Gasteiger partial charge in [-0.1, -0.05) is 52.0 Å². The minimum absolute atomic E-state index is 0.0990. The number of rotatable bonds is 9. The highest BCUT2D eigenvalue weighted by Gasteiger charge is 2.32. The van der Waals surface area contributed by atoms with E-state index in [1.54, 1.807) is 13.0 Å². The largest absolute Gasteiger partial charge is 0.490 e. The van der Waals surface area contributed by atoms with E-state index in [1.165, 1.54) is 5.56 Å². The first-order chi connectivity index (χ1) is 14.0. The van der Waals surface area contributed by atoms with Crippen LogP contribution in [0.25, 0.3) is 0 Å². The van der Waals surface area contributed by atoms with E-state index in [9.17, 15) is 15.0 Å². The van der Waals surface area contributed by atoms with Gasteiger partial charge in [0.1, 0.15) is 12.4 Å². The highest BCUT2D eigenvalue weighted by molar-refractivity contribution is 5.89. The fraction of sp³-hybridized carbons (Fsp3) is 0.500. The van der Waals surface area contributed by atoms with Gasteiger partial charge in [0.15, 0.2) is 0 Å². The van der Waals surface area contributed by atoms with E-state index in [4.69, 9.17) is 4.74 Å². The third kappa shape index (κ3) is 4.70. The van der Waals surface area contributed by atoms with Crippen LogP contribution in [0.15, 0.2) is 36.4 Å². The van der Waals surface area contributed by atoms with Crippen LogP contribution in [0.2, 0.25) is 0 Å².